The van der Waals surface area contributed by atoms with Crippen LogP contribution in [0.25, 0.3) is 0 Å². The molecule has 1 aromatic carbocycles. The minimum absolute atomic E-state index is 0.387. The first kappa shape index (κ1) is 15.7. The molecule has 0 aromatic heterocycles. The molecule has 0 amide bonds. The zero-order valence-electron chi connectivity index (χ0n) is 13.2. The van der Waals surface area contributed by atoms with Crippen LogP contribution < -0.4 is 15.0 Å². The summed E-state index contributed by atoms with van der Waals surface area (Å²) in [5.41, 5.74) is 0.784. The van der Waals surface area contributed by atoms with Gasteiger partial charge in [0.1, 0.15) is 11.3 Å². The standard InChI is InChI=1S/C17H25N3O/c1-17(13-18,19-14-5-6-14)11-4-12-20(2)15-7-9-16(21-3)10-8-15/h7-10,14,19H,4-6,11-12H2,1-3H3. The average Bonchev–Trinajstić information content (AvgIpc) is 3.31. The molecule has 1 N–H and O–H groups in total. The highest BCUT2D eigenvalue weighted by Gasteiger charge is 2.31. The van der Waals surface area contributed by atoms with Gasteiger partial charge < -0.3 is 9.64 Å². The second kappa shape index (κ2) is 6.82. The molecular weight excluding hydrogens is 262 g/mol. The van der Waals surface area contributed by atoms with Gasteiger partial charge >= 0.3 is 0 Å². The number of methoxy groups -OCH3 is 1. The maximum atomic E-state index is 9.36. The Kier molecular flexibility index (Phi) is 5.08. The summed E-state index contributed by atoms with van der Waals surface area (Å²) in [5.74, 6) is 0.873. The number of nitrogens with one attached hydrogen (secondary N) is 1. The fraction of sp³-hybridized carbons (Fsp3) is 0.588. The molecular formula is C17H25N3O. The summed E-state index contributed by atoms with van der Waals surface area (Å²) in [5, 5.41) is 12.8. The maximum absolute atomic E-state index is 9.36. The third kappa shape index (κ3) is 4.64. The lowest BCUT2D eigenvalue weighted by molar-refractivity contribution is 0.404. The van der Waals surface area contributed by atoms with Crippen LogP contribution in [0, 0.1) is 11.3 Å². The third-order valence-corrected chi connectivity index (χ3v) is 4.03. The molecule has 4 nitrogen and oxygen atoms in total. The predicted octanol–water partition coefficient (Wildman–Crippen LogP) is 2.95. The Hall–Kier alpha value is -1.73. The van der Waals surface area contributed by atoms with Gasteiger partial charge in [-0.2, -0.15) is 5.26 Å². The third-order valence-electron chi connectivity index (χ3n) is 4.03. The van der Waals surface area contributed by atoms with Gasteiger partial charge in [-0.05, 0) is 56.9 Å². The largest absolute Gasteiger partial charge is 0.497 e. The molecule has 0 heterocycles. The molecule has 1 aliphatic rings. The topological polar surface area (TPSA) is 48.3 Å². The molecule has 4 heteroatoms. The number of hydrogen-bond acceptors (Lipinski definition) is 4. The van der Waals surface area contributed by atoms with E-state index in [1.165, 1.54) is 18.5 Å². The molecule has 0 saturated heterocycles. The van der Waals surface area contributed by atoms with E-state index in [1.54, 1.807) is 7.11 Å². The number of rotatable bonds is 8. The summed E-state index contributed by atoms with van der Waals surface area (Å²) in [4.78, 5) is 2.22. The van der Waals surface area contributed by atoms with Gasteiger partial charge in [0, 0.05) is 25.3 Å². The van der Waals surface area contributed by atoms with Gasteiger partial charge in [-0.15, -0.1) is 0 Å². The molecule has 0 aliphatic heterocycles. The van der Waals surface area contributed by atoms with Crippen LogP contribution in [0.3, 0.4) is 0 Å². The van der Waals surface area contributed by atoms with Crippen molar-refractivity contribution < 1.29 is 4.74 Å². The average molecular weight is 287 g/mol. The Bertz CT molecular complexity index is 490. The first-order valence-electron chi connectivity index (χ1n) is 7.60. The summed E-state index contributed by atoms with van der Waals surface area (Å²) < 4.78 is 5.17. The smallest absolute Gasteiger partial charge is 0.119 e. The van der Waals surface area contributed by atoms with Crippen molar-refractivity contribution in [1.82, 2.24) is 5.32 Å². The molecule has 1 aromatic rings. The van der Waals surface area contributed by atoms with E-state index >= 15 is 0 Å². The van der Waals surface area contributed by atoms with E-state index in [9.17, 15) is 5.26 Å². The van der Waals surface area contributed by atoms with Gasteiger partial charge in [0.15, 0.2) is 0 Å². The minimum atomic E-state index is -0.387. The van der Waals surface area contributed by atoms with Crippen molar-refractivity contribution in [3.8, 4) is 11.8 Å². The molecule has 1 saturated carbocycles. The number of hydrogen-bond donors (Lipinski definition) is 1. The Labute approximate surface area is 127 Å². The fourth-order valence-corrected chi connectivity index (χ4v) is 2.47. The summed E-state index contributed by atoms with van der Waals surface area (Å²) in [7, 11) is 3.76. The molecule has 1 atom stereocenters. The van der Waals surface area contributed by atoms with Crippen LogP contribution in [0.4, 0.5) is 5.69 Å². The van der Waals surface area contributed by atoms with Crippen LogP contribution in [0.15, 0.2) is 24.3 Å². The SMILES string of the molecule is COc1ccc(N(C)CCCC(C)(C#N)NC2CC2)cc1. The molecule has 0 bridgehead atoms. The highest BCUT2D eigenvalue weighted by molar-refractivity contribution is 5.48. The number of ether oxygens (including phenoxy) is 1. The zero-order valence-corrected chi connectivity index (χ0v) is 13.2. The van der Waals surface area contributed by atoms with Crippen LogP contribution >= 0.6 is 0 Å². The van der Waals surface area contributed by atoms with Crippen molar-refractivity contribution in [1.29, 1.82) is 5.26 Å². The Morgan fingerprint density at radius 2 is 2.05 bits per heavy atom. The molecule has 21 heavy (non-hydrogen) atoms. The summed E-state index contributed by atoms with van der Waals surface area (Å²) >= 11 is 0. The van der Waals surface area contributed by atoms with E-state index in [0.29, 0.717) is 6.04 Å². The van der Waals surface area contributed by atoms with Crippen molar-refractivity contribution in [2.24, 2.45) is 0 Å². The van der Waals surface area contributed by atoms with Crippen LogP contribution in [0.1, 0.15) is 32.6 Å². The number of nitriles is 1. The lowest BCUT2D eigenvalue weighted by Crippen LogP contribution is -2.42. The van der Waals surface area contributed by atoms with Crippen molar-refractivity contribution >= 4 is 5.69 Å². The predicted molar refractivity (Wildman–Crippen MR) is 85.7 cm³/mol. The quantitative estimate of drug-likeness (QED) is 0.798. The molecule has 1 unspecified atom stereocenters. The van der Waals surface area contributed by atoms with Gasteiger partial charge in [0.25, 0.3) is 0 Å². The molecule has 0 spiro atoms. The summed E-state index contributed by atoms with van der Waals surface area (Å²) in [6, 6.07) is 11.1. The first-order valence-corrected chi connectivity index (χ1v) is 7.60. The summed E-state index contributed by atoms with van der Waals surface area (Å²) in [6.07, 6.45) is 4.29. The Balaban J connectivity index is 1.79. The van der Waals surface area contributed by atoms with E-state index in [2.05, 4.69) is 35.5 Å². The van der Waals surface area contributed by atoms with Crippen molar-refractivity contribution in [2.75, 3.05) is 25.6 Å². The van der Waals surface area contributed by atoms with Gasteiger partial charge in [-0.25, -0.2) is 0 Å². The van der Waals surface area contributed by atoms with Crippen molar-refractivity contribution in [3.05, 3.63) is 24.3 Å². The first-order chi connectivity index (χ1) is 10.1. The Morgan fingerprint density at radius 3 is 2.57 bits per heavy atom. The van der Waals surface area contributed by atoms with E-state index in [4.69, 9.17) is 4.74 Å². The van der Waals surface area contributed by atoms with E-state index in [1.807, 2.05) is 19.1 Å². The fourth-order valence-electron chi connectivity index (χ4n) is 2.47. The normalized spacial score (nSPS) is 16.9. The number of benzene rings is 1. The van der Waals surface area contributed by atoms with E-state index in [-0.39, 0.29) is 5.54 Å². The second-order valence-corrected chi connectivity index (χ2v) is 6.09. The van der Waals surface area contributed by atoms with Crippen LogP contribution in [0.5, 0.6) is 5.75 Å². The van der Waals surface area contributed by atoms with Crippen LogP contribution in [0.2, 0.25) is 0 Å². The van der Waals surface area contributed by atoms with Crippen molar-refractivity contribution in [3.63, 3.8) is 0 Å². The second-order valence-electron chi connectivity index (χ2n) is 6.09. The van der Waals surface area contributed by atoms with Crippen LogP contribution in [-0.4, -0.2) is 32.3 Å². The number of nitrogens with zero attached hydrogens (tertiary/aromatic N) is 2. The molecule has 0 radical (unpaired) electrons. The lowest BCUT2D eigenvalue weighted by atomic mass is 9.97. The van der Waals surface area contributed by atoms with Crippen molar-refractivity contribution in [2.45, 2.75) is 44.2 Å². The minimum Gasteiger partial charge on any atom is -0.497 e. The van der Waals surface area contributed by atoms with Crippen LogP contribution in [-0.2, 0) is 0 Å². The Morgan fingerprint density at radius 1 is 1.38 bits per heavy atom. The molecule has 1 fully saturated rings. The zero-order chi connectivity index (χ0) is 15.3. The maximum Gasteiger partial charge on any atom is 0.119 e. The molecule has 1 aliphatic carbocycles. The summed E-state index contributed by atoms with van der Waals surface area (Å²) in [6.45, 7) is 2.95. The van der Waals surface area contributed by atoms with E-state index < -0.39 is 0 Å². The number of anilines is 1. The van der Waals surface area contributed by atoms with Gasteiger partial charge in [-0.3, -0.25) is 5.32 Å². The molecule has 2 rings (SSSR count). The highest BCUT2D eigenvalue weighted by Crippen LogP contribution is 2.25. The van der Waals surface area contributed by atoms with Gasteiger partial charge in [0.2, 0.25) is 0 Å². The van der Waals surface area contributed by atoms with E-state index in [0.717, 1.165) is 25.1 Å². The van der Waals surface area contributed by atoms with Gasteiger partial charge in [-0.1, -0.05) is 0 Å². The molecule has 114 valence electrons. The van der Waals surface area contributed by atoms with Gasteiger partial charge in [0.05, 0.1) is 13.2 Å². The highest BCUT2D eigenvalue weighted by atomic mass is 16.5. The monoisotopic (exact) mass is 287 g/mol. The lowest BCUT2D eigenvalue weighted by Gasteiger charge is -2.25.